The van der Waals surface area contributed by atoms with Crippen molar-refractivity contribution in [1.29, 1.82) is 0 Å². The molecule has 6 heteroatoms. The Morgan fingerprint density at radius 3 is 2.47 bits per heavy atom. The summed E-state index contributed by atoms with van der Waals surface area (Å²) in [6.07, 6.45) is 0. The molecule has 0 bridgehead atoms. The summed E-state index contributed by atoms with van der Waals surface area (Å²) in [5.74, 6) is -4.52. The van der Waals surface area contributed by atoms with E-state index in [-0.39, 0.29) is 5.56 Å². The van der Waals surface area contributed by atoms with Crippen LogP contribution in [-0.2, 0) is 4.79 Å². The summed E-state index contributed by atoms with van der Waals surface area (Å²) in [6.45, 7) is -0.683. The van der Waals surface area contributed by atoms with Gasteiger partial charge in [-0.05, 0) is 18.2 Å². The third-order valence-electron chi connectivity index (χ3n) is 1.58. The van der Waals surface area contributed by atoms with Gasteiger partial charge in [0.1, 0.15) is 0 Å². The Bertz CT molecular complexity index is 406. The van der Waals surface area contributed by atoms with Gasteiger partial charge in [-0.1, -0.05) is 0 Å². The smallest absolute Gasteiger partial charge is 0.251 e. The Morgan fingerprint density at radius 1 is 1.27 bits per heavy atom. The van der Waals surface area contributed by atoms with Crippen molar-refractivity contribution in [3.05, 3.63) is 35.4 Å². The van der Waals surface area contributed by atoms with E-state index >= 15 is 0 Å². The normalized spacial score (nSPS) is 9.73. The van der Waals surface area contributed by atoms with Crippen molar-refractivity contribution in [2.24, 2.45) is 0 Å². The molecule has 1 aromatic carbocycles. The molecular weight excluding hydrogens is 208 g/mol. The summed E-state index contributed by atoms with van der Waals surface area (Å²) in [5, 5.41) is 12.0. The van der Waals surface area contributed by atoms with Crippen LogP contribution >= 0.6 is 0 Å². The third kappa shape index (κ3) is 3.01. The number of hydrogen-bond donors (Lipinski definition) is 1. The number of carboxylic acids is 1. The van der Waals surface area contributed by atoms with Crippen molar-refractivity contribution in [3.63, 3.8) is 0 Å². The van der Waals surface area contributed by atoms with Crippen molar-refractivity contribution in [2.45, 2.75) is 0 Å². The summed E-state index contributed by atoms with van der Waals surface area (Å²) < 4.78 is 25.1. The molecule has 80 valence electrons. The van der Waals surface area contributed by atoms with Gasteiger partial charge in [0.2, 0.25) is 0 Å². The van der Waals surface area contributed by atoms with Crippen LogP contribution in [0.2, 0.25) is 0 Å². The molecular formula is C9H6F2NO3-. The number of aliphatic carboxylic acids is 1. The van der Waals surface area contributed by atoms with Crippen molar-refractivity contribution in [1.82, 2.24) is 5.32 Å². The van der Waals surface area contributed by atoms with E-state index < -0.39 is 30.1 Å². The third-order valence-corrected chi connectivity index (χ3v) is 1.58. The Kier molecular flexibility index (Phi) is 3.33. The Labute approximate surface area is 83.5 Å². The number of amides is 1. The fourth-order valence-electron chi connectivity index (χ4n) is 0.892. The first-order valence-corrected chi connectivity index (χ1v) is 3.94. The van der Waals surface area contributed by atoms with Crippen LogP contribution in [0.3, 0.4) is 0 Å². The summed E-state index contributed by atoms with van der Waals surface area (Å²) in [7, 11) is 0. The van der Waals surface area contributed by atoms with Crippen LogP contribution in [0.4, 0.5) is 8.78 Å². The highest BCUT2D eigenvalue weighted by Crippen LogP contribution is 2.08. The molecule has 0 spiro atoms. The SMILES string of the molecule is O=C([O-])CNC(=O)c1ccc(F)c(F)c1. The minimum absolute atomic E-state index is 0.157. The average molecular weight is 214 g/mol. The first kappa shape index (κ1) is 11.1. The molecule has 0 aliphatic rings. The van der Waals surface area contributed by atoms with Gasteiger partial charge in [-0.3, -0.25) is 4.79 Å². The number of carbonyl (C=O) groups excluding carboxylic acids is 2. The second kappa shape index (κ2) is 4.50. The van der Waals surface area contributed by atoms with Crippen molar-refractivity contribution in [2.75, 3.05) is 6.54 Å². The zero-order chi connectivity index (χ0) is 11.4. The molecule has 4 nitrogen and oxygen atoms in total. The molecule has 1 aromatic rings. The number of hydrogen-bond acceptors (Lipinski definition) is 3. The maximum Gasteiger partial charge on any atom is 0.251 e. The molecule has 0 radical (unpaired) electrons. The summed E-state index contributed by atoms with van der Waals surface area (Å²) in [5.41, 5.74) is -0.157. The second-order valence-electron chi connectivity index (χ2n) is 2.68. The van der Waals surface area contributed by atoms with Gasteiger partial charge in [-0.15, -0.1) is 0 Å². The number of carbonyl (C=O) groups is 2. The molecule has 0 aliphatic carbocycles. The van der Waals surface area contributed by atoms with E-state index in [1.165, 1.54) is 0 Å². The van der Waals surface area contributed by atoms with Crippen LogP contribution in [0.15, 0.2) is 18.2 Å². The Balaban J connectivity index is 2.74. The van der Waals surface area contributed by atoms with Gasteiger partial charge >= 0.3 is 0 Å². The lowest BCUT2D eigenvalue weighted by molar-refractivity contribution is -0.303. The quantitative estimate of drug-likeness (QED) is 0.733. The predicted molar refractivity (Wildman–Crippen MR) is 43.7 cm³/mol. The van der Waals surface area contributed by atoms with Gasteiger partial charge in [-0.25, -0.2) is 8.78 Å². The highest BCUT2D eigenvalue weighted by molar-refractivity contribution is 5.95. The lowest BCUT2D eigenvalue weighted by Gasteiger charge is -2.05. The number of rotatable bonds is 3. The molecule has 0 saturated carbocycles. The van der Waals surface area contributed by atoms with Gasteiger partial charge in [0.15, 0.2) is 11.6 Å². The van der Waals surface area contributed by atoms with E-state index in [0.29, 0.717) is 6.07 Å². The van der Waals surface area contributed by atoms with Crippen molar-refractivity contribution in [3.8, 4) is 0 Å². The minimum Gasteiger partial charge on any atom is -0.548 e. The maximum atomic E-state index is 12.7. The second-order valence-corrected chi connectivity index (χ2v) is 2.68. The lowest BCUT2D eigenvalue weighted by Crippen LogP contribution is -2.37. The van der Waals surface area contributed by atoms with E-state index in [1.54, 1.807) is 0 Å². The van der Waals surface area contributed by atoms with Gasteiger partial charge < -0.3 is 15.2 Å². The van der Waals surface area contributed by atoms with Gasteiger partial charge in [0, 0.05) is 5.56 Å². The van der Waals surface area contributed by atoms with Crippen LogP contribution in [0.1, 0.15) is 10.4 Å². The lowest BCUT2D eigenvalue weighted by atomic mass is 10.2. The van der Waals surface area contributed by atoms with E-state index in [4.69, 9.17) is 0 Å². The van der Waals surface area contributed by atoms with Gasteiger partial charge in [-0.2, -0.15) is 0 Å². The first-order valence-electron chi connectivity index (χ1n) is 3.94. The van der Waals surface area contributed by atoms with Crippen LogP contribution < -0.4 is 10.4 Å². The van der Waals surface area contributed by atoms with E-state index in [9.17, 15) is 23.5 Å². The Hall–Kier alpha value is -1.98. The molecule has 1 rings (SSSR count). The molecule has 0 saturated heterocycles. The van der Waals surface area contributed by atoms with E-state index in [0.717, 1.165) is 12.1 Å². The summed E-state index contributed by atoms with van der Waals surface area (Å²) >= 11 is 0. The molecule has 0 heterocycles. The monoisotopic (exact) mass is 214 g/mol. The topological polar surface area (TPSA) is 69.2 Å². The number of benzene rings is 1. The van der Waals surface area contributed by atoms with E-state index in [1.807, 2.05) is 5.32 Å². The highest BCUT2D eigenvalue weighted by Gasteiger charge is 2.08. The zero-order valence-corrected chi connectivity index (χ0v) is 7.42. The first-order chi connectivity index (χ1) is 7.00. The summed E-state index contributed by atoms with van der Waals surface area (Å²) in [4.78, 5) is 21.1. The molecule has 0 atom stereocenters. The van der Waals surface area contributed by atoms with Crippen molar-refractivity contribution >= 4 is 11.9 Å². The standard InChI is InChI=1S/C9H7F2NO3/c10-6-2-1-5(3-7(6)11)9(15)12-4-8(13)14/h1-3H,4H2,(H,12,15)(H,13,14)/p-1. The fourth-order valence-corrected chi connectivity index (χ4v) is 0.892. The largest absolute Gasteiger partial charge is 0.548 e. The van der Waals surface area contributed by atoms with Crippen LogP contribution in [0.5, 0.6) is 0 Å². The molecule has 0 aromatic heterocycles. The Morgan fingerprint density at radius 2 is 1.93 bits per heavy atom. The van der Waals surface area contributed by atoms with Crippen molar-refractivity contribution < 1.29 is 23.5 Å². The highest BCUT2D eigenvalue weighted by atomic mass is 19.2. The van der Waals surface area contributed by atoms with E-state index in [2.05, 4.69) is 0 Å². The summed E-state index contributed by atoms with van der Waals surface area (Å²) in [6, 6.07) is 2.51. The average Bonchev–Trinajstić information content (AvgIpc) is 2.18. The maximum absolute atomic E-state index is 12.7. The van der Waals surface area contributed by atoms with Gasteiger partial charge in [0.25, 0.3) is 5.91 Å². The molecule has 0 unspecified atom stereocenters. The molecule has 0 aliphatic heterocycles. The van der Waals surface area contributed by atoms with Crippen LogP contribution in [0, 0.1) is 11.6 Å². The number of halogens is 2. The number of carboxylic acid groups (broad SMARTS) is 1. The van der Waals surface area contributed by atoms with Gasteiger partial charge in [0.05, 0.1) is 12.5 Å². The van der Waals surface area contributed by atoms with Crippen LogP contribution in [-0.4, -0.2) is 18.4 Å². The molecule has 0 fully saturated rings. The molecule has 15 heavy (non-hydrogen) atoms. The fraction of sp³-hybridized carbons (Fsp3) is 0.111. The zero-order valence-electron chi connectivity index (χ0n) is 7.42. The van der Waals surface area contributed by atoms with Crippen LogP contribution in [0.25, 0.3) is 0 Å². The molecule has 1 amide bonds. The number of nitrogens with one attached hydrogen (secondary N) is 1. The minimum atomic E-state index is -1.47. The molecule has 1 N–H and O–H groups in total. The predicted octanol–water partition coefficient (Wildman–Crippen LogP) is -0.555.